The largest absolute Gasteiger partial charge is 0.493 e. The average Bonchev–Trinajstić information content (AvgIpc) is 3.07. The van der Waals surface area contributed by atoms with Gasteiger partial charge in [-0.15, -0.1) is 0 Å². The highest BCUT2D eigenvalue weighted by molar-refractivity contribution is 9.10. The molecule has 8 heteroatoms. The molecular formula is C18H21BrN2O4S. The van der Waals surface area contributed by atoms with Crippen LogP contribution < -0.4 is 20.1 Å². The number of benzene rings is 1. The molecule has 0 bridgehead atoms. The van der Waals surface area contributed by atoms with Crippen molar-refractivity contribution < 1.29 is 18.7 Å². The summed E-state index contributed by atoms with van der Waals surface area (Å²) in [6, 6.07) is 8.87. The molecule has 0 spiro atoms. The van der Waals surface area contributed by atoms with Crippen molar-refractivity contribution in [3.8, 4) is 11.5 Å². The number of methoxy groups -OCH3 is 1. The molecule has 2 aromatic rings. The molecule has 0 aliphatic heterocycles. The van der Waals surface area contributed by atoms with Crippen molar-refractivity contribution in [2.75, 3.05) is 13.7 Å². The number of carbonyl (C=O) groups is 1. The first-order chi connectivity index (χ1) is 12.5. The van der Waals surface area contributed by atoms with Crippen molar-refractivity contribution in [3.05, 3.63) is 46.3 Å². The predicted molar refractivity (Wildman–Crippen MR) is 107 cm³/mol. The van der Waals surface area contributed by atoms with E-state index in [1.165, 1.54) is 0 Å². The highest BCUT2D eigenvalue weighted by Crippen LogP contribution is 2.28. The molecule has 0 atom stereocenters. The third-order valence-electron chi connectivity index (χ3n) is 3.46. The number of furan rings is 1. The van der Waals surface area contributed by atoms with E-state index in [2.05, 4.69) is 33.5 Å². The minimum absolute atomic E-state index is 0.177. The number of rotatable bonds is 8. The smallest absolute Gasteiger partial charge is 0.293 e. The van der Waals surface area contributed by atoms with Crippen molar-refractivity contribution >= 4 is 39.2 Å². The molecule has 1 amide bonds. The molecule has 1 aromatic carbocycles. The third kappa shape index (κ3) is 6.03. The van der Waals surface area contributed by atoms with E-state index in [0.717, 1.165) is 18.4 Å². The molecule has 26 heavy (non-hydrogen) atoms. The monoisotopic (exact) mass is 440 g/mol. The summed E-state index contributed by atoms with van der Waals surface area (Å²) in [7, 11) is 1.60. The Balaban J connectivity index is 1.87. The van der Waals surface area contributed by atoms with E-state index >= 15 is 0 Å². The van der Waals surface area contributed by atoms with E-state index in [4.69, 9.17) is 26.1 Å². The third-order valence-corrected chi connectivity index (χ3v) is 4.13. The minimum atomic E-state index is -0.412. The molecule has 2 N–H and O–H groups in total. The number of nitrogens with one attached hydrogen (secondary N) is 2. The molecule has 1 aromatic heterocycles. The van der Waals surface area contributed by atoms with Gasteiger partial charge in [-0.05, 0) is 64.4 Å². The normalized spacial score (nSPS) is 10.3. The van der Waals surface area contributed by atoms with Gasteiger partial charge in [0.25, 0.3) is 5.91 Å². The van der Waals surface area contributed by atoms with Gasteiger partial charge >= 0.3 is 0 Å². The Bertz CT molecular complexity index is 763. The van der Waals surface area contributed by atoms with Crippen LogP contribution in [0, 0.1) is 0 Å². The summed E-state index contributed by atoms with van der Waals surface area (Å²) in [5.74, 6) is 1.14. The predicted octanol–water partition coefficient (Wildman–Crippen LogP) is 4.03. The molecule has 0 aliphatic rings. The number of thiocarbonyl (C=S) groups is 1. The van der Waals surface area contributed by atoms with Crippen LogP contribution in [0.25, 0.3) is 0 Å². The first kappa shape index (κ1) is 20.3. The highest BCUT2D eigenvalue weighted by atomic mass is 79.9. The Kier molecular flexibility index (Phi) is 7.93. The van der Waals surface area contributed by atoms with E-state index < -0.39 is 5.91 Å². The van der Waals surface area contributed by atoms with Crippen LogP contribution in [0.2, 0.25) is 0 Å². The van der Waals surface area contributed by atoms with Crippen molar-refractivity contribution in [2.45, 2.75) is 26.3 Å². The fourth-order valence-electron chi connectivity index (χ4n) is 2.10. The SMILES string of the molecule is CCCCOc1ccc(CNC(=S)NC(=O)c2ccc(Br)o2)cc1OC. The Labute approximate surface area is 166 Å². The Morgan fingerprint density at radius 1 is 1.27 bits per heavy atom. The molecule has 6 nitrogen and oxygen atoms in total. The zero-order valence-electron chi connectivity index (χ0n) is 14.6. The van der Waals surface area contributed by atoms with Crippen LogP contribution in [0.5, 0.6) is 11.5 Å². The van der Waals surface area contributed by atoms with E-state index in [1.807, 2.05) is 18.2 Å². The molecular weight excluding hydrogens is 420 g/mol. The van der Waals surface area contributed by atoms with Crippen molar-refractivity contribution in [1.82, 2.24) is 10.6 Å². The molecule has 0 unspecified atom stereocenters. The number of amides is 1. The first-order valence-electron chi connectivity index (χ1n) is 8.17. The number of halogens is 1. The van der Waals surface area contributed by atoms with E-state index in [1.54, 1.807) is 19.2 Å². The Hall–Kier alpha value is -2.06. The van der Waals surface area contributed by atoms with Crippen LogP contribution in [0.4, 0.5) is 0 Å². The molecule has 0 saturated heterocycles. The van der Waals surface area contributed by atoms with Crippen LogP contribution in [-0.2, 0) is 6.54 Å². The van der Waals surface area contributed by atoms with Gasteiger partial charge in [0.1, 0.15) is 0 Å². The maximum Gasteiger partial charge on any atom is 0.293 e. The van der Waals surface area contributed by atoms with Gasteiger partial charge in [-0.3, -0.25) is 10.1 Å². The van der Waals surface area contributed by atoms with Crippen LogP contribution in [0.15, 0.2) is 39.4 Å². The summed E-state index contributed by atoms with van der Waals surface area (Å²) >= 11 is 8.29. The molecule has 0 radical (unpaired) electrons. The van der Waals surface area contributed by atoms with Gasteiger partial charge in [-0.2, -0.15) is 0 Å². The van der Waals surface area contributed by atoms with Crippen LogP contribution in [0.3, 0.4) is 0 Å². The molecule has 0 fully saturated rings. The molecule has 140 valence electrons. The van der Waals surface area contributed by atoms with Gasteiger partial charge in [-0.1, -0.05) is 19.4 Å². The summed E-state index contributed by atoms with van der Waals surface area (Å²) in [6.45, 7) is 3.21. The van der Waals surface area contributed by atoms with Gasteiger partial charge in [0.05, 0.1) is 13.7 Å². The van der Waals surface area contributed by atoms with E-state index in [0.29, 0.717) is 29.3 Å². The lowest BCUT2D eigenvalue weighted by atomic mass is 10.2. The van der Waals surface area contributed by atoms with Crippen LogP contribution in [0.1, 0.15) is 35.9 Å². The second kappa shape index (κ2) is 10.2. The number of carbonyl (C=O) groups excluding carboxylic acids is 1. The average molecular weight is 441 g/mol. The lowest BCUT2D eigenvalue weighted by Crippen LogP contribution is -2.38. The number of hydrogen-bond donors (Lipinski definition) is 2. The summed E-state index contributed by atoms with van der Waals surface area (Å²) in [5.41, 5.74) is 0.946. The quantitative estimate of drug-likeness (QED) is 0.476. The topological polar surface area (TPSA) is 72.7 Å². The zero-order chi connectivity index (χ0) is 18.9. The van der Waals surface area contributed by atoms with Crippen molar-refractivity contribution in [1.29, 1.82) is 0 Å². The maximum atomic E-state index is 12.0. The van der Waals surface area contributed by atoms with Gasteiger partial charge in [-0.25, -0.2) is 0 Å². The Morgan fingerprint density at radius 3 is 2.73 bits per heavy atom. The Morgan fingerprint density at radius 2 is 2.08 bits per heavy atom. The van der Waals surface area contributed by atoms with E-state index in [9.17, 15) is 4.79 Å². The standard InChI is InChI=1S/C18H21BrN2O4S/c1-3-4-9-24-13-6-5-12(10-15(13)23-2)11-20-18(26)21-17(22)14-7-8-16(19)25-14/h5-8,10H,3-4,9,11H2,1-2H3,(H2,20,21,22,26). The highest BCUT2D eigenvalue weighted by Gasteiger charge is 2.12. The fraction of sp³-hybridized carbons (Fsp3) is 0.333. The van der Waals surface area contributed by atoms with Crippen molar-refractivity contribution in [2.24, 2.45) is 0 Å². The molecule has 0 saturated carbocycles. The molecule has 2 rings (SSSR count). The summed E-state index contributed by atoms with van der Waals surface area (Å²) in [5, 5.41) is 5.76. The van der Waals surface area contributed by atoms with Crippen LogP contribution in [-0.4, -0.2) is 24.7 Å². The molecule has 1 heterocycles. The number of ether oxygens (including phenoxy) is 2. The lowest BCUT2D eigenvalue weighted by molar-refractivity contribution is 0.0948. The minimum Gasteiger partial charge on any atom is -0.493 e. The van der Waals surface area contributed by atoms with Crippen molar-refractivity contribution in [3.63, 3.8) is 0 Å². The van der Waals surface area contributed by atoms with Gasteiger partial charge in [0.15, 0.2) is 27.0 Å². The first-order valence-corrected chi connectivity index (χ1v) is 9.37. The number of hydrogen-bond acceptors (Lipinski definition) is 5. The summed E-state index contributed by atoms with van der Waals surface area (Å²) in [4.78, 5) is 12.0. The van der Waals surface area contributed by atoms with Crippen LogP contribution >= 0.6 is 28.1 Å². The summed E-state index contributed by atoms with van der Waals surface area (Å²) < 4.78 is 16.7. The zero-order valence-corrected chi connectivity index (χ0v) is 17.0. The van der Waals surface area contributed by atoms with Gasteiger partial charge in [0, 0.05) is 6.54 Å². The summed E-state index contributed by atoms with van der Waals surface area (Å²) in [6.07, 6.45) is 2.06. The van der Waals surface area contributed by atoms with E-state index in [-0.39, 0.29) is 10.9 Å². The molecule has 0 aliphatic carbocycles. The lowest BCUT2D eigenvalue weighted by Gasteiger charge is -2.13. The number of unbranched alkanes of at least 4 members (excludes halogenated alkanes) is 1. The maximum absolute atomic E-state index is 12.0. The fourth-order valence-corrected chi connectivity index (χ4v) is 2.57. The second-order valence-corrected chi connectivity index (χ2v) is 6.62. The van der Waals surface area contributed by atoms with Gasteiger partial charge < -0.3 is 19.2 Å². The van der Waals surface area contributed by atoms with Gasteiger partial charge in [0.2, 0.25) is 0 Å². The second-order valence-electron chi connectivity index (χ2n) is 5.43.